The Morgan fingerprint density at radius 2 is 2.11 bits per heavy atom. The van der Waals surface area contributed by atoms with Crippen LogP contribution in [-0.2, 0) is 0 Å². The fourth-order valence-corrected chi connectivity index (χ4v) is 1.98. The molecule has 0 aliphatic carbocycles. The standard InChI is InChI=1S/C14H19N3O/c1-9(2)11(8-18)14-16-10(3)7-13(17-14)12-5-4-6-15-12/h4-7,9,11,15,18H,8H2,1-3H3. The van der Waals surface area contributed by atoms with Crippen molar-refractivity contribution in [3.8, 4) is 11.4 Å². The number of hydrogen-bond donors (Lipinski definition) is 2. The van der Waals surface area contributed by atoms with E-state index in [1.165, 1.54) is 0 Å². The average molecular weight is 245 g/mol. The molecule has 0 amide bonds. The molecule has 18 heavy (non-hydrogen) atoms. The molecule has 2 aromatic heterocycles. The predicted octanol–water partition coefficient (Wildman–Crippen LogP) is 2.51. The van der Waals surface area contributed by atoms with Gasteiger partial charge in [0.25, 0.3) is 0 Å². The number of aliphatic hydroxyl groups is 1. The quantitative estimate of drug-likeness (QED) is 0.870. The van der Waals surface area contributed by atoms with E-state index in [1.54, 1.807) is 0 Å². The van der Waals surface area contributed by atoms with E-state index in [2.05, 4.69) is 28.8 Å². The zero-order chi connectivity index (χ0) is 13.1. The van der Waals surface area contributed by atoms with Crippen LogP contribution in [0.4, 0.5) is 0 Å². The Labute approximate surface area is 107 Å². The van der Waals surface area contributed by atoms with Crippen LogP contribution in [0.25, 0.3) is 11.4 Å². The minimum atomic E-state index is -0.0152. The van der Waals surface area contributed by atoms with Gasteiger partial charge in [0.05, 0.1) is 18.0 Å². The van der Waals surface area contributed by atoms with E-state index in [9.17, 15) is 5.11 Å². The van der Waals surface area contributed by atoms with Crippen LogP contribution in [0, 0.1) is 12.8 Å². The topological polar surface area (TPSA) is 61.8 Å². The van der Waals surface area contributed by atoms with E-state index < -0.39 is 0 Å². The summed E-state index contributed by atoms with van der Waals surface area (Å²) in [5, 5.41) is 9.47. The summed E-state index contributed by atoms with van der Waals surface area (Å²) in [4.78, 5) is 12.2. The normalized spacial score (nSPS) is 12.9. The van der Waals surface area contributed by atoms with E-state index in [0.717, 1.165) is 22.9 Å². The molecule has 0 aliphatic heterocycles. The summed E-state index contributed by atoms with van der Waals surface area (Å²) in [6.45, 7) is 6.17. The molecule has 0 aromatic carbocycles. The lowest BCUT2D eigenvalue weighted by Gasteiger charge is -2.17. The molecule has 1 unspecified atom stereocenters. The second kappa shape index (κ2) is 5.31. The van der Waals surface area contributed by atoms with Gasteiger partial charge in [0.2, 0.25) is 0 Å². The Kier molecular flexibility index (Phi) is 3.77. The molecule has 2 aromatic rings. The predicted molar refractivity (Wildman–Crippen MR) is 71.2 cm³/mol. The number of nitrogens with one attached hydrogen (secondary N) is 1. The van der Waals surface area contributed by atoms with Crippen LogP contribution in [0.1, 0.15) is 31.3 Å². The van der Waals surface area contributed by atoms with Crippen LogP contribution >= 0.6 is 0 Å². The number of aromatic amines is 1. The lowest BCUT2D eigenvalue weighted by Crippen LogP contribution is -2.15. The fourth-order valence-electron chi connectivity index (χ4n) is 1.98. The monoisotopic (exact) mass is 245 g/mol. The van der Waals surface area contributed by atoms with E-state index in [0.29, 0.717) is 5.92 Å². The first-order chi connectivity index (χ1) is 8.61. The summed E-state index contributed by atoms with van der Waals surface area (Å²) < 4.78 is 0. The highest BCUT2D eigenvalue weighted by atomic mass is 16.3. The Bertz CT molecular complexity index is 506. The van der Waals surface area contributed by atoms with Crippen molar-refractivity contribution in [1.82, 2.24) is 15.0 Å². The van der Waals surface area contributed by atoms with Crippen LogP contribution in [0.2, 0.25) is 0 Å². The zero-order valence-corrected chi connectivity index (χ0v) is 11.0. The van der Waals surface area contributed by atoms with Gasteiger partial charge in [-0.3, -0.25) is 0 Å². The van der Waals surface area contributed by atoms with Gasteiger partial charge in [-0.15, -0.1) is 0 Å². The molecule has 2 heterocycles. The van der Waals surface area contributed by atoms with Crippen LogP contribution in [0.15, 0.2) is 24.4 Å². The Hall–Kier alpha value is -1.68. The maximum absolute atomic E-state index is 9.47. The Morgan fingerprint density at radius 1 is 1.33 bits per heavy atom. The molecule has 0 radical (unpaired) electrons. The molecule has 4 heteroatoms. The van der Waals surface area contributed by atoms with Crippen molar-refractivity contribution >= 4 is 0 Å². The van der Waals surface area contributed by atoms with Crippen molar-refractivity contribution in [2.45, 2.75) is 26.7 Å². The molecule has 1 atom stereocenters. The fraction of sp³-hybridized carbons (Fsp3) is 0.429. The van der Waals surface area contributed by atoms with Gasteiger partial charge in [0, 0.05) is 17.8 Å². The number of hydrogen-bond acceptors (Lipinski definition) is 3. The summed E-state index contributed by atoms with van der Waals surface area (Å²) in [5.41, 5.74) is 2.77. The lowest BCUT2D eigenvalue weighted by molar-refractivity contribution is 0.231. The first-order valence-electron chi connectivity index (χ1n) is 6.22. The second-order valence-corrected chi connectivity index (χ2v) is 4.87. The molecule has 2 rings (SSSR count). The summed E-state index contributed by atoms with van der Waals surface area (Å²) >= 11 is 0. The molecule has 96 valence electrons. The van der Waals surface area contributed by atoms with Gasteiger partial charge in [-0.2, -0.15) is 0 Å². The molecule has 4 nitrogen and oxygen atoms in total. The summed E-state index contributed by atoms with van der Waals surface area (Å²) in [6, 6.07) is 5.87. The molecule has 0 saturated heterocycles. The van der Waals surface area contributed by atoms with E-state index in [1.807, 2.05) is 31.3 Å². The highest BCUT2D eigenvalue weighted by Gasteiger charge is 2.19. The number of H-pyrrole nitrogens is 1. The van der Waals surface area contributed by atoms with Crippen molar-refractivity contribution in [3.05, 3.63) is 35.9 Å². The van der Waals surface area contributed by atoms with Gasteiger partial charge in [0.1, 0.15) is 5.82 Å². The second-order valence-electron chi connectivity index (χ2n) is 4.87. The average Bonchev–Trinajstić information content (AvgIpc) is 2.82. The first-order valence-corrected chi connectivity index (χ1v) is 6.22. The van der Waals surface area contributed by atoms with E-state index in [-0.39, 0.29) is 12.5 Å². The van der Waals surface area contributed by atoms with Crippen LogP contribution in [0.3, 0.4) is 0 Å². The maximum Gasteiger partial charge on any atom is 0.134 e. The van der Waals surface area contributed by atoms with Crippen LogP contribution in [-0.4, -0.2) is 26.7 Å². The molecule has 0 saturated carbocycles. The number of aliphatic hydroxyl groups excluding tert-OH is 1. The third kappa shape index (κ3) is 2.59. The molecule has 0 aliphatic rings. The van der Waals surface area contributed by atoms with Crippen molar-refractivity contribution < 1.29 is 5.11 Å². The summed E-state index contributed by atoms with van der Waals surface area (Å²) in [6.07, 6.45) is 1.87. The molecular weight excluding hydrogens is 226 g/mol. The Balaban J connectivity index is 2.44. The van der Waals surface area contributed by atoms with Crippen LogP contribution < -0.4 is 0 Å². The number of nitrogens with zero attached hydrogens (tertiary/aromatic N) is 2. The van der Waals surface area contributed by atoms with Crippen molar-refractivity contribution in [3.63, 3.8) is 0 Å². The summed E-state index contributed by atoms with van der Waals surface area (Å²) in [5.74, 6) is 1.02. The first kappa shape index (κ1) is 12.8. The third-order valence-corrected chi connectivity index (χ3v) is 3.08. The minimum absolute atomic E-state index is 0.0152. The minimum Gasteiger partial charge on any atom is -0.396 e. The molecule has 0 fully saturated rings. The van der Waals surface area contributed by atoms with Crippen molar-refractivity contribution in [2.24, 2.45) is 5.92 Å². The number of rotatable bonds is 4. The highest BCUT2D eigenvalue weighted by molar-refractivity contribution is 5.54. The smallest absolute Gasteiger partial charge is 0.134 e. The molecular formula is C14H19N3O. The molecule has 0 spiro atoms. The third-order valence-electron chi connectivity index (χ3n) is 3.08. The van der Waals surface area contributed by atoms with Gasteiger partial charge < -0.3 is 10.1 Å². The highest BCUT2D eigenvalue weighted by Crippen LogP contribution is 2.23. The van der Waals surface area contributed by atoms with Gasteiger partial charge in [-0.25, -0.2) is 9.97 Å². The number of aryl methyl sites for hydroxylation is 1. The van der Waals surface area contributed by atoms with E-state index >= 15 is 0 Å². The van der Waals surface area contributed by atoms with Crippen molar-refractivity contribution in [2.75, 3.05) is 6.61 Å². The Morgan fingerprint density at radius 3 is 2.67 bits per heavy atom. The molecule has 0 bridgehead atoms. The largest absolute Gasteiger partial charge is 0.396 e. The summed E-state index contributed by atoms with van der Waals surface area (Å²) in [7, 11) is 0. The lowest BCUT2D eigenvalue weighted by atomic mass is 9.95. The van der Waals surface area contributed by atoms with Crippen LogP contribution in [0.5, 0.6) is 0 Å². The van der Waals surface area contributed by atoms with Gasteiger partial charge in [-0.1, -0.05) is 13.8 Å². The maximum atomic E-state index is 9.47. The van der Waals surface area contributed by atoms with E-state index in [4.69, 9.17) is 0 Å². The van der Waals surface area contributed by atoms with Gasteiger partial charge in [0.15, 0.2) is 0 Å². The van der Waals surface area contributed by atoms with Gasteiger partial charge in [-0.05, 0) is 31.0 Å². The SMILES string of the molecule is Cc1cc(-c2ccc[nH]2)nc(C(CO)C(C)C)n1. The van der Waals surface area contributed by atoms with Gasteiger partial charge >= 0.3 is 0 Å². The van der Waals surface area contributed by atoms with Crippen molar-refractivity contribution in [1.29, 1.82) is 0 Å². The number of aromatic nitrogens is 3. The zero-order valence-electron chi connectivity index (χ0n) is 11.0. The molecule has 2 N–H and O–H groups in total.